The van der Waals surface area contributed by atoms with Gasteiger partial charge in [0.15, 0.2) is 0 Å². The lowest BCUT2D eigenvalue weighted by Crippen LogP contribution is -2.52. The molecule has 2 nitrogen and oxygen atoms in total. The summed E-state index contributed by atoms with van der Waals surface area (Å²) < 4.78 is 0. The summed E-state index contributed by atoms with van der Waals surface area (Å²) in [6, 6.07) is 13.1. The summed E-state index contributed by atoms with van der Waals surface area (Å²) in [7, 11) is 4.48. The summed E-state index contributed by atoms with van der Waals surface area (Å²) in [5, 5.41) is 0. The molecule has 0 saturated heterocycles. The standard InChI is InChI=1S/C25H38N2/c1-18-13-11-14-19(2)22(18)26(9)24(5,6)17-25(7,8)27(10)23-20(3)15-12-16-21(23)4/h11-16H,17H2,1-10H3. The van der Waals surface area contributed by atoms with E-state index in [4.69, 9.17) is 0 Å². The predicted octanol–water partition coefficient (Wildman–Crippen LogP) is 6.44. The first kappa shape index (κ1) is 21.3. The van der Waals surface area contributed by atoms with E-state index in [0.717, 1.165) is 6.42 Å². The molecular weight excluding hydrogens is 328 g/mol. The second kappa shape index (κ2) is 7.58. The van der Waals surface area contributed by atoms with Crippen LogP contribution in [0.1, 0.15) is 56.4 Å². The Labute approximate surface area is 167 Å². The van der Waals surface area contributed by atoms with E-state index >= 15 is 0 Å². The Kier molecular flexibility index (Phi) is 5.99. The van der Waals surface area contributed by atoms with E-state index in [1.165, 1.54) is 33.6 Å². The van der Waals surface area contributed by atoms with Gasteiger partial charge >= 0.3 is 0 Å². The highest BCUT2D eigenvalue weighted by molar-refractivity contribution is 5.61. The van der Waals surface area contributed by atoms with Crippen LogP contribution in [0.2, 0.25) is 0 Å². The van der Waals surface area contributed by atoms with Crippen molar-refractivity contribution in [2.45, 2.75) is 72.9 Å². The van der Waals surface area contributed by atoms with Crippen molar-refractivity contribution < 1.29 is 0 Å². The third kappa shape index (κ3) is 4.31. The molecule has 27 heavy (non-hydrogen) atoms. The molecule has 0 amide bonds. The molecule has 0 aliphatic rings. The molecule has 0 heterocycles. The van der Waals surface area contributed by atoms with Gasteiger partial charge in [0.25, 0.3) is 0 Å². The van der Waals surface area contributed by atoms with Gasteiger partial charge in [0.1, 0.15) is 0 Å². The number of para-hydroxylation sites is 2. The lowest BCUT2D eigenvalue weighted by atomic mass is 9.83. The lowest BCUT2D eigenvalue weighted by molar-refractivity contribution is 0.329. The van der Waals surface area contributed by atoms with Gasteiger partial charge < -0.3 is 9.80 Å². The number of benzene rings is 2. The smallest absolute Gasteiger partial charge is 0.0427 e. The van der Waals surface area contributed by atoms with Crippen molar-refractivity contribution in [2.75, 3.05) is 23.9 Å². The van der Waals surface area contributed by atoms with E-state index in [1.807, 2.05) is 0 Å². The zero-order valence-electron chi connectivity index (χ0n) is 19.1. The van der Waals surface area contributed by atoms with Crippen LogP contribution in [-0.2, 0) is 0 Å². The highest BCUT2D eigenvalue weighted by Crippen LogP contribution is 2.37. The molecule has 0 saturated carbocycles. The first-order chi connectivity index (χ1) is 12.4. The molecule has 0 bridgehead atoms. The number of hydrogen-bond acceptors (Lipinski definition) is 2. The Morgan fingerprint density at radius 2 is 0.852 bits per heavy atom. The molecule has 2 aromatic carbocycles. The van der Waals surface area contributed by atoms with Crippen molar-refractivity contribution in [3.05, 3.63) is 58.7 Å². The van der Waals surface area contributed by atoms with Gasteiger partial charge in [-0.1, -0.05) is 36.4 Å². The number of nitrogens with zero attached hydrogens (tertiary/aromatic N) is 2. The molecule has 0 unspecified atom stereocenters. The molecule has 148 valence electrons. The lowest BCUT2D eigenvalue weighted by Gasteiger charge is -2.48. The fourth-order valence-corrected chi connectivity index (χ4v) is 4.57. The predicted molar refractivity (Wildman–Crippen MR) is 121 cm³/mol. The summed E-state index contributed by atoms with van der Waals surface area (Å²) in [5.41, 5.74) is 8.10. The van der Waals surface area contributed by atoms with Gasteiger partial charge in [-0.25, -0.2) is 0 Å². The monoisotopic (exact) mass is 366 g/mol. The largest absolute Gasteiger partial charge is 0.369 e. The first-order valence-corrected chi connectivity index (χ1v) is 9.98. The molecule has 0 spiro atoms. The van der Waals surface area contributed by atoms with Crippen LogP contribution < -0.4 is 9.80 Å². The molecule has 2 aromatic rings. The normalized spacial score (nSPS) is 12.2. The van der Waals surface area contributed by atoms with Crippen LogP contribution in [0.4, 0.5) is 11.4 Å². The molecule has 0 aromatic heterocycles. The van der Waals surface area contributed by atoms with Crippen LogP contribution in [0.15, 0.2) is 36.4 Å². The van der Waals surface area contributed by atoms with E-state index < -0.39 is 0 Å². The third-order valence-corrected chi connectivity index (χ3v) is 6.23. The van der Waals surface area contributed by atoms with E-state index in [9.17, 15) is 0 Å². The minimum absolute atomic E-state index is 0.0191. The first-order valence-electron chi connectivity index (χ1n) is 9.98. The number of hydrogen-bond donors (Lipinski definition) is 0. The molecule has 0 N–H and O–H groups in total. The van der Waals surface area contributed by atoms with Gasteiger partial charge in [0.2, 0.25) is 0 Å². The van der Waals surface area contributed by atoms with Crippen LogP contribution in [-0.4, -0.2) is 25.2 Å². The Hall–Kier alpha value is -1.96. The topological polar surface area (TPSA) is 6.48 Å². The second-order valence-electron chi connectivity index (χ2n) is 9.40. The zero-order chi connectivity index (χ0) is 20.6. The van der Waals surface area contributed by atoms with E-state index in [1.54, 1.807) is 0 Å². The zero-order valence-corrected chi connectivity index (χ0v) is 19.1. The SMILES string of the molecule is Cc1cccc(C)c1N(C)C(C)(C)CC(C)(C)N(C)c1c(C)cccc1C. The molecule has 0 fully saturated rings. The Morgan fingerprint density at radius 3 is 1.11 bits per heavy atom. The highest BCUT2D eigenvalue weighted by atomic mass is 15.2. The van der Waals surface area contributed by atoms with Crippen molar-refractivity contribution >= 4 is 11.4 Å². The minimum Gasteiger partial charge on any atom is -0.369 e. The quantitative estimate of drug-likeness (QED) is 0.580. The highest BCUT2D eigenvalue weighted by Gasteiger charge is 2.36. The molecule has 2 heteroatoms. The van der Waals surface area contributed by atoms with E-state index in [0.29, 0.717) is 0 Å². The summed E-state index contributed by atoms with van der Waals surface area (Å²) in [5.74, 6) is 0. The number of rotatable bonds is 6. The average Bonchev–Trinajstić information content (AvgIpc) is 2.53. The Bertz CT molecular complexity index is 694. The van der Waals surface area contributed by atoms with E-state index in [2.05, 4.69) is 116 Å². The van der Waals surface area contributed by atoms with Crippen molar-refractivity contribution in [3.8, 4) is 0 Å². The number of anilines is 2. The van der Waals surface area contributed by atoms with E-state index in [-0.39, 0.29) is 11.1 Å². The van der Waals surface area contributed by atoms with Crippen LogP contribution in [0.3, 0.4) is 0 Å². The van der Waals surface area contributed by atoms with Crippen LogP contribution in [0, 0.1) is 27.7 Å². The summed E-state index contributed by atoms with van der Waals surface area (Å²) in [6.07, 6.45) is 1.05. The third-order valence-electron chi connectivity index (χ3n) is 6.23. The van der Waals surface area contributed by atoms with Gasteiger partial charge in [-0.2, -0.15) is 0 Å². The van der Waals surface area contributed by atoms with Gasteiger partial charge in [-0.05, 0) is 84.1 Å². The van der Waals surface area contributed by atoms with Crippen molar-refractivity contribution in [1.82, 2.24) is 0 Å². The fourth-order valence-electron chi connectivity index (χ4n) is 4.57. The maximum absolute atomic E-state index is 2.47. The van der Waals surface area contributed by atoms with Gasteiger partial charge in [0, 0.05) is 36.5 Å². The summed E-state index contributed by atoms with van der Waals surface area (Å²) in [4.78, 5) is 4.94. The molecule has 0 aliphatic heterocycles. The van der Waals surface area contributed by atoms with Crippen LogP contribution in [0.5, 0.6) is 0 Å². The van der Waals surface area contributed by atoms with Gasteiger partial charge in [-0.3, -0.25) is 0 Å². The fraction of sp³-hybridized carbons (Fsp3) is 0.520. The van der Waals surface area contributed by atoms with Gasteiger partial charge in [-0.15, -0.1) is 0 Å². The molecular formula is C25H38N2. The summed E-state index contributed by atoms with van der Waals surface area (Å²) in [6.45, 7) is 18.3. The van der Waals surface area contributed by atoms with Crippen LogP contribution >= 0.6 is 0 Å². The van der Waals surface area contributed by atoms with Gasteiger partial charge in [0.05, 0.1) is 0 Å². The molecule has 0 aliphatic carbocycles. The minimum atomic E-state index is 0.0191. The molecule has 0 atom stereocenters. The maximum atomic E-state index is 2.47. The Morgan fingerprint density at radius 1 is 0.593 bits per heavy atom. The van der Waals surface area contributed by atoms with Crippen LogP contribution in [0.25, 0.3) is 0 Å². The number of aryl methyl sites for hydroxylation is 4. The average molecular weight is 367 g/mol. The Balaban J connectivity index is 2.35. The molecule has 2 rings (SSSR count). The summed E-state index contributed by atoms with van der Waals surface area (Å²) >= 11 is 0. The van der Waals surface area contributed by atoms with Crippen molar-refractivity contribution in [2.24, 2.45) is 0 Å². The molecule has 0 radical (unpaired) electrons. The van der Waals surface area contributed by atoms with Crippen molar-refractivity contribution in [3.63, 3.8) is 0 Å². The van der Waals surface area contributed by atoms with Crippen molar-refractivity contribution in [1.29, 1.82) is 0 Å². The maximum Gasteiger partial charge on any atom is 0.0427 e. The second-order valence-corrected chi connectivity index (χ2v) is 9.40.